The molecule has 0 bridgehead atoms. The monoisotopic (exact) mass is 288 g/mol. The minimum Gasteiger partial charge on any atom is -0.464 e. The molecule has 4 nitrogen and oxygen atoms in total. The van der Waals surface area contributed by atoms with Crippen LogP contribution in [0.4, 0.5) is 0 Å². The fraction of sp³-hybridized carbons (Fsp3) is 0.111. The van der Waals surface area contributed by atoms with Crippen LogP contribution in [0.2, 0.25) is 5.02 Å². The Balaban J connectivity index is 2.69. The number of hydrogen-bond donors (Lipinski definition) is 0. The molecule has 0 amide bonds. The molecule has 0 aliphatic carbocycles. The number of nitrogens with zero attached hydrogens (tertiary/aromatic N) is 2. The maximum atomic E-state index is 11.3. The summed E-state index contributed by atoms with van der Waals surface area (Å²) in [6.07, 6.45) is 1.62. The predicted molar refractivity (Wildman–Crippen MR) is 59.2 cm³/mol. The third-order valence-electron chi connectivity index (χ3n) is 1.91. The predicted octanol–water partition coefficient (Wildman–Crippen LogP) is 2.54. The SMILES string of the molecule is COC(=O)c1nn2cc(Cl)ccc2c1Br. The zero-order valence-electron chi connectivity index (χ0n) is 7.70. The van der Waals surface area contributed by atoms with Crippen molar-refractivity contribution in [2.75, 3.05) is 7.11 Å². The number of carbonyl (C=O) groups is 1. The highest BCUT2D eigenvalue weighted by Crippen LogP contribution is 2.24. The average Bonchev–Trinajstić information content (AvgIpc) is 2.54. The number of pyridine rings is 1. The second-order valence-corrected chi connectivity index (χ2v) is 4.06. The number of carbonyl (C=O) groups excluding carboxylic acids is 1. The maximum Gasteiger partial charge on any atom is 0.359 e. The molecule has 15 heavy (non-hydrogen) atoms. The fourth-order valence-corrected chi connectivity index (χ4v) is 1.93. The molecule has 0 saturated heterocycles. The average molecular weight is 290 g/mol. The van der Waals surface area contributed by atoms with E-state index in [1.54, 1.807) is 18.3 Å². The lowest BCUT2D eigenvalue weighted by molar-refractivity contribution is 0.0592. The lowest BCUT2D eigenvalue weighted by Crippen LogP contribution is -2.02. The van der Waals surface area contributed by atoms with Gasteiger partial charge in [-0.2, -0.15) is 5.10 Å². The normalized spacial score (nSPS) is 10.6. The molecule has 0 aliphatic heterocycles. The Bertz CT molecular complexity index is 538. The first-order valence-electron chi connectivity index (χ1n) is 4.05. The van der Waals surface area contributed by atoms with Crippen LogP contribution < -0.4 is 0 Å². The summed E-state index contributed by atoms with van der Waals surface area (Å²) in [6, 6.07) is 3.50. The molecule has 2 rings (SSSR count). The van der Waals surface area contributed by atoms with E-state index < -0.39 is 5.97 Å². The highest BCUT2D eigenvalue weighted by Gasteiger charge is 2.17. The number of fused-ring (bicyclic) bond motifs is 1. The van der Waals surface area contributed by atoms with Crippen molar-refractivity contribution < 1.29 is 9.53 Å². The quantitative estimate of drug-likeness (QED) is 0.758. The molecule has 0 aromatic carbocycles. The van der Waals surface area contributed by atoms with Gasteiger partial charge >= 0.3 is 5.97 Å². The largest absolute Gasteiger partial charge is 0.464 e. The molecule has 0 spiro atoms. The highest BCUT2D eigenvalue weighted by atomic mass is 79.9. The number of esters is 1. The molecule has 2 heterocycles. The minimum absolute atomic E-state index is 0.236. The van der Waals surface area contributed by atoms with Crippen LogP contribution in [0.5, 0.6) is 0 Å². The van der Waals surface area contributed by atoms with E-state index in [2.05, 4.69) is 25.8 Å². The molecule has 2 aromatic heterocycles. The van der Waals surface area contributed by atoms with Crippen LogP contribution in [0.3, 0.4) is 0 Å². The molecule has 0 N–H and O–H groups in total. The summed E-state index contributed by atoms with van der Waals surface area (Å²) in [7, 11) is 1.31. The van der Waals surface area contributed by atoms with E-state index in [-0.39, 0.29) is 5.69 Å². The number of halogens is 2. The van der Waals surface area contributed by atoms with E-state index in [1.165, 1.54) is 11.6 Å². The minimum atomic E-state index is -0.485. The Labute approximate surface area is 98.9 Å². The van der Waals surface area contributed by atoms with Gasteiger partial charge in [0.1, 0.15) is 0 Å². The van der Waals surface area contributed by atoms with Gasteiger partial charge in [0.15, 0.2) is 5.69 Å². The zero-order chi connectivity index (χ0) is 11.0. The smallest absolute Gasteiger partial charge is 0.359 e. The first kappa shape index (κ1) is 10.4. The summed E-state index contributed by atoms with van der Waals surface area (Å²) >= 11 is 9.09. The van der Waals surface area contributed by atoms with E-state index in [0.29, 0.717) is 9.50 Å². The molecule has 6 heteroatoms. The number of methoxy groups -OCH3 is 1. The van der Waals surface area contributed by atoms with Crippen molar-refractivity contribution in [1.82, 2.24) is 9.61 Å². The maximum absolute atomic E-state index is 11.3. The van der Waals surface area contributed by atoms with Crippen molar-refractivity contribution in [1.29, 1.82) is 0 Å². The summed E-state index contributed by atoms with van der Waals surface area (Å²) in [5.41, 5.74) is 1.000. The number of aromatic nitrogens is 2. The van der Waals surface area contributed by atoms with Crippen molar-refractivity contribution in [2.24, 2.45) is 0 Å². The van der Waals surface area contributed by atoms with Gasteiger partial charge in [0, 0.05) is 6.20 Å². The summed E-state index contributed by atoms with van der Waals surface area (Å²) in [5.74, 6) is -0.485. The molecule has 2 aromatic rings. The summed E-state index contributed by atoms with van der Waals surface area (Å²) in [4.78, 5) is 11.3. The van der Waals surface area contributed by atoms with Gasteiger partial charge in [-0.25, -0.2) is 9.31 Å². The second kappa shape index (κ2) is 3.83. The summed E-state index contributed by atoms with van der Waals surface area (Å²) in [6.45, 7) is 0. The van der Waals surface area contributed by atoms with Gasteiger partial charge in [-0.3, -0.25) is 0 Å². The second-order valence-electron chi connectivity index (χ2n) is 2.83. The Morgan fingerprint density at radius 2 is 2.33 bits per heavy atom. The van der Waals surface area contributed by atoms with Crippen LogP contribution in [0, 0.1) is 0 Å². The van der Waals surface area contributed by atoms with E-state index >= 15 is 0 Å². The lowest BCUT2D eigenvalue weighted by atomic mass is 10.3. The number of ether oxygens (including phenoxy) is 1. The molecule has 0 aliphatic rings. The van der Waals surface area contributed by atoms with Gasteiger partial charge in [0.25, 0.3) is 0 Å². The molecule has 0 atom stereocenters. The van der Waals surface area contributed by atoms with E-state index in [4.69, 9.17) is 11.6 Å². The molecular weight excluding hydrogens is 283 g/mol. The van der Waals surface area contributed by atoms with Crippen molar-refractivity contribution in [2.45, 2.75) is 0 Å². The number of rotatable bonds is 1. The molecule has 0 saturated carbocycles. The van der Waals surface area contributed by atoms with Gasteiger partial charge in [-0.1, -0.05) is 11.6 Å². The van der Waals surface area contributed by atoms with Crippen LogP contribution in [0.15, 0.2) is 22.8 Å². The fourth-order valence-electron chi connectivity index (χ4n) is 1.22. The zero-order valence-corrected chi connectivity index (χ0v) is 10.0. The van der Waals surface area contributed by atoms with Gasteiger partial charge in [-0.15, -0.1) is 0 Å². The highest BCUT2D eigenvalue weighted by molar-refractivity contribution is 9.10. The van der Waals surface area contributed by atoms with Gasteiger partial charge in [-0.05, 0) is 28.1 Å². The van der Waals surface area contributed by atoms with E-state index in [1.807, 2.05) is 0 Å². The van der Waals surface area contributed by atoms with Crippen LogP contribution in [-0.4, -0.2) is 22.7 Å². The van der Waals surface area contributed by atoms with Crippen molar-refractivity contribution in [3.63, 3.8) is 0 Å². The van der Waals surface area contributed by atoms with Gasteiger partial charge in [0.2, 0.25) is 0 Å². The van der Waals surface area contributed by atoms with E-state index in [9.17, 15) is 4.79 Å². The van der Waals surface area contributed by atoms with Crippen LogP contribution in [0.25, 0.3) is 5.52 Å². The van der Waals surface area contributed by atoms with Gasteiger partial charge < -0.3 is 4.74 Å². The molecule has 0 unspecified atom stereocenters. The lowest BCUT2D eigenvalue weighted by Gasteiger charge is -1.92. The van der Waals surface area contributed by atoms with Crippen molar-refractivity contribution in [3.05, 3.63) is 33.5 Å². The number of hydrogen-bond acceptors (Lipinski definition) is 3. The third kappa shape index (κ3) is 1.72. The topological polar surface area (TPSA) is 43.6 Å². The first-order valence-corrected chi connectivity index (χ1v) is 5.22. The van der Waals surface area contributed by atoms with Crippen molar-refractivity contribution in [3.8, 4) is 0 Å². The standard InChI is InChI=1S/C9H6BrClN2O2/c1-15-9(14)8-7(10)6-3-2-5(11)4-13(6)12-8/h2-4H,1H3. The molecular formula is C9H6BrClN2O2. The van der Waals surface area contributed by atoms with Crippen LogP contribution in [-0.2, 0) is 4.74 Å². The molecule has 78 valence electrons. The molecule has 0 radical (unpaired) electrons. The third-order valence-corrected chi connectivity index (χ3v) is 2.92. The summed E-state index contributed by atoms with van der Waals surface area (Å²) in [5, 5.41) is 4.60. The Kier molecular flexibility index (Phi) is 2.67. The van der Waals surface area contributed by atoms with Gasteiger partial charge in [0.05, 0.1) is 22.1 Å². The van der Waals surface area contributed by atoms with Crippen LogP contribution in [0.1, 0.15) is 10.5 Å². The van der Waals surface area contributed by atoms with E-state index in [0.717, 1.165) is 5.52 Å². The Hall–Kier alpha value is -1.07. The Morgan fingerprint density at radius 1 is 1.60 bits per heavy atom. The summed E-state index contributed by atoms with van der Waals surface area (Å²) < 4.78 is 6.73. The first-order chi connectivity index (χ1) is 7.13. The molecule has 0 fully saturated rings. The van der Waals surface area contributed by atoms with Crippen LogP contribution >= 0.6 is 27.5 Å². The Morgan fingerprint density at radius 3 is 3.00 bits per heavy atom. The van der Waals surface area contributed by atoms with Crippen molar-refractivity contribution >= 4 is 39.0 Å².